The smallest absolute Gasteiger partial charge is 0.221 e. The Hall–Kier alpha value is -3.84. The number of Topliss-reactive ketones (excluding diaryl/α,β-unsaturated/α-hetero) is 1. The molecule has 0 saturated heterocycles. The van der Waals surface area contributed by atoms with Crippen molar-refractivity contribution in [2.75, 3.05) is 0 Å². The number of allylic oxidation sites excluding steroid dienone is 1. The SMILES string of the molecule is CC(=O)C1=C(C)NC(Sc2ccccc2CC(N)=O)=NC1c1ccc(OCc2ccccc2)cc1. The normalized spacial score (nSPS) is 15.3. The van der Waals surface area contributed by atoms with Gasteiger partial charge in [-0.1, -0.05) is 72.4 Å². The summed E-state index contributed by atoms with van der Waals surface area (Å²) < 4.78 is 5.91. The summed E-state index contributed by atoms with van der Waals surface area (Å²) in [5.41, 5.74) is 9.63. The first-order valence-electron chi connectivity index (χ1n) is 11.3. The molecule has 1 amide bonds. The van der Waals surface area contributed by atoms with E-state index >= 15 is 0 Å². The molecule has 1 aliphatic heterocycles. The fourth-order valence-electron chi connectivity index (χ4n) is 3.93. The third-order valence-corrected chi connectivity index (χ3v) is 6.60. The summed E-state index contributed by atoms with van der Waals surface area (Å²) in [6.45, 7) is 3.92. The van der Waals surface area contributed by atoms with E-state index in [1.54, 1.807) is 6.92 Å². The maximum atomic E-state index is 12.5. The summed E-state index contributed by atoms with van der Waals surface area (Å²) in [5.74, 6) is 0.320. The van der Waals surface area contributed by atoms with Crippen molar-refractivity contribution < 1.29 is 14.3 Å². The van der Waals surface area contributed by atoms with Crippen molar-refractivity contribution in [3.63, 3.8) is 0 Å². The van der Waals surface area contributed by atoms with Crippen molar-refractivity contribution in [1.29, 1.82) is 0 Å². The number of amidine groups is 1. The highest BCUT2D eigenvalue weighted by molar-refractivity contribution is 8.13. The number of nitrogens with one attached hydrogen (secondary N) is 1. The number of carbonyl (C=O) groups is 2. The maximum absolute atomic E-state index is 12.5. The van der Waals surface area contributed by atoms with Crippen LogP contribution in [0, 0.1) is 0 Å². The zero-order valence-electron chi connectivity index (χ0n) is 19.7. The van der Waals surface area contributed by atoms with E-state index < -0.39 is 6.04 Å². The number of primary amides is 1. The van der Waals surface area contributed by atoms with Gasteiger partial charge in [0.15, 0.2) is 11.0 Å². The molecule has 1 aliphatic rings. The molecular formula is C28H27N3O3S. The summed E-state index contributed by atoms with van der Waals surface area (Å²) in [5, 5.41) is 3.91. The Labute approximate surface area is 209 Å². The number of rotatable bonds is 8. The molecule has 3 N–H and O–H groups in total. The lowest BCUT2D eigenvalue weighted by Crippen LogP contribution is -2.29. The molecule has 0 spiro atoms. The van der Waals surface area contributed by atoms with Crippen LogP contribution in [0.15, 0.2) is 100 Å². The molecule has 0 aliphatic carbocycles. The van der Waals surface area contributed by atoms with E-state index in [1.807, 2.05) is 85.8 Å². The van der Waals surface area contributed by atoms with Gasteiger partial charge in [0.1, 0.15) is 18.4 Å². The second-order valence-electron chi connectivity index (χ2n) is 8.25. The topological polar surface area (TPSA) is 93.8 Å². The van der Waals surface area contributed by atoms with Crippen LogP contribution in [-0.2, 0) is 22.6 Å². The summed E-state index contributed by atoms with van der Waals surface area (Å²) in [6.07, 6.45) is 0.151. The highest BCUT2D eigenvalue weighted by Crippen LogP contribution is 2.35. The van der Waals surface area contributed by atoms with E-state index in [0.29, 0.717) is 17.3 Å². The van der Waals surface area contributed by atoms with Gasteiger partial charge in [0.25, 0.3) is 0 Å². The number of ether oxygens (including phenoxy) is 1. The molecule has 0 fully saturated rings. The Morgan fingerprint density at radius 2 is 1.69 bits per heavy atom. The highest BCUT2D eigenvalue weighted by atomic mass is 32.2. The van der Waals surface area contributed by atoms with Crippen molar-refractivity contribution in [1.82, 2.24) is 5.32 Å². The minimum absolute atomic E-state index is 0.0358. The first-order chi connectivity index (χ1) is 16.9. The third-order valence-electron chi connectivity index (χ3n) is 5.59. The minimum atomic E-state index is -0.442. The quantitative estimate of drug-likeness (QED) is 0.471. The largest absolute Gasteiger partial charge is 0.489 e. The predicted molar refractivity (Wildman–Crippen MR) is 139 cm³/mol. The summed E-state index contributed by atoms with van der Waals surface area (Å²) in [6, 6.07) is 24.8. The zero-order valence-corrected chi connectivity index (χ0v) is 20.5. The van der Waals surface area contributed by atoms with Crippen LogP contribution >= 0.6 is 11.8 Å². The second-order valence-corrected chi connectivity index (χ2v) is 9.28. The van der Waals surface area contributed by atoms with Crippen molar-refractivity contribution in [2.24, 2.45) is 10.7 Å². The molecule has 0 saturated carbocycles. The monoisotopic (exact) mass is 485 g/mol. The second kappa shape index (κ2) is 11.1. The van der Waals surface area contributed by atoms with Gasteiger partial charge >= 0.3 is 0 Å². The maximum Gasteiger partial charge on any atom is 0.221 e. The molecule has 7 heteroatoms. The zero-order chi connectivity index (χ0) is 24.8. The molecule has 0 radical (unpaired) electrons. The van der Waals surface area contributed by atoms with E-state index in [0.717, 1.165) is 33.0 Å². The summed E-state index contributed by atoms with van der Waals surface area (Å²) >= 11 is 1.42. The number of hydrogen-bond acceptors (Lipinski definition) is 6. The third kappa shape index (κ3) is 6.19. The molecule has 178 valence electrons. The molecule has 1 unspecified atom stereocenters. The summed E-state index contributed by atoms with van der Waals surface area (Å²) in [4.78, 5) is 29.8. The van der Waals surface area contributed by atoms with E-state index in [4.69, 9.17) is 15.5 Å². The number of amides is 1. The lowest BCUT2D eigenvalue weighted by Gasteiger charge is -2.26. The van der Waals surface area contributed by atoms with Crippen LogP contribution in [0.4, 0.5) is 0 Å². The lowest BCUT2D eigenvalue weighted by molar-refractivity contribution is -0.117. The number of hydrogen-bond donors (Lipinski definition) is 2. The molecule has 3 aromatic rings. The number of ketones is 1. The lowest BCUT2D eigenvalue weighted by atomic mass is 9.94. The van der Waals surface area contributed by atoms with Gasteiger partial charge in [0.05, 0.1) is 6.42 Å². The minimum Gasteiger partial charge on any atom is -0.489 e. The van der Waals surface area contributed by atoms with Gasteiger partial charge in [0.2, 0.25) is 5.91 Å². The number of aliphatic imine (C=N–C) groups is 1. The number of carbonyl (C=O) groups excluding carboxylic acids is 2. The van der Waals surface area contributed by atoms with Gasteiger partial charge in [-0.15, -0.1) is 0 Å². The standard InChI is InChI=1S/C28H27N3O3S/c1-18-26(19(2)32)27(21-12-14-23(15-13-21)34-17-20-8-4-3-5-9-20)31-28(30-18)35-24-11-7-6-10-22(24)16-25(29)33/h3-15,27H,16-17H2,1-2H3,(H2,29,33)(H,30,31). The fraction of sp³-hybridized carbons (Fsp3) is 0.179. The Kier molecular flexibility index (Phi) is 7.67. The Morgan fingerprint density at radius 3 is 2.37 bits per heavy atom. The van der Waals surface area contributed by atoms with Crippen LogP contribution in [-0.4, -0.2) is 16.9 Å². The van der Waals surface area contributed by atoms with Crippen LogP contribution in [0.1, 0.15) is 36.6 Å². The molecule has 3 aromatic carbocycles. The number of benzene rings is 3. The average molecular weight is 486 g/mol. The van der Waals surface area contributed by atoms with Gasteiger partial charge in [0, 0.05) is 16.2 Å². The van der Waals surface area contributed by atoms with Gasteiger partial charge < -0.3 is 15.8 Å². The Bertz CT molecular complexity index is 1280. The highest BCUT2D eigenvalue weighted by Gasteiger charge is 2.27. The first-order valence-corrected chi connectivity index (χ1v) is 12.1. The van der Waals surface area contributed by atoms with Crippen molar-refractivity contribution in [2.45, 2.75) is 37.8 Å². The molecule has 35 heavy (non-hydrogen) atoms. The van der Waals surface area contributed by atoms with Gasteiger partial charge in [-0.25, -0.2) is 4.99 Å². The fourth-order valence-corrected chi connectivity index (χ4v) is 4.91. The van der Waals surface area contributed by atoms with E-state index in [1.165, 1.54) is 11.8 Å². The molecular weight excluding hydrogens is 458 g/mol. The number of nitrogens with two attached hydrogens (primary N) is 1. The molecule has 0 aromatic heterocycles. The first kappa shape index (κ1) is 24.3. The van der Waals surface area contributed by atoms with Crippen LogP contribution in [0.5, 0.6) is 5.75 Å². The molecule has 0 bridgehead atoms. The predicted octanol–water partition coefficient (Wildman–Crippen LogP) is 4.95. The van der Waals surface area contributed by atoms with E-state index in [2.05, 4.69) is 5.32 Å². The van der Waals surface area contributed by atoms with Gasteiger partial charge in [-0.2, -0.15) is 0 Å². The number of thioether (sulfide) groups is 1. The molecule has 1 atom stereocenters. The van der Waals surface area contributed by atoms with Crippen LogP contribution < -0.4 is 15.8 Å². The van der Waals surface area contributed by atoms with E-state index in [-0.39, 0.29) is 18.1 Å². The van der Waals surface area contributed by atoms with Crippen LogP contribution in [0.2, 0.25) is 0 Å². The van der Waals surface area contributed by atoms with Crippen molar-refractivity contribution in [3.8, 4) is 5.75 Å². The van der Waals surface area contributed by atoms with Crippen molar-refractivity contribution in [3.05, 3.63) is 107 Å². The van der Waals surface area contributed by atoms with E-state index in [9.17, 15) is 9.59 Å². The average Bonchev–Trinajstić information content (AvgIpc) is 2.84. The molecule has 6 nitrogen and oxygen atoms in total. The number of nitrogens with zero attached hydrogens (tertiary/aromatic N) is 1. The van der Waals surface area contributed by atoms with Crippen LogP contribution in [0.25, 0.3) is 0 Å². The van der Waals surface area contributed by atoms with Crippen LogP contribution in [0.3, 0.4) is 0 Å². The molecule has 4 rings (SSSR count). The molecule has 1 heterocycles. The Morgan fingerprint density at radius 1 is 1.00 bits per heavy atom. The summed E-state index contributed by atoms with van der Waals surface area (Å²) in [7, 11) is 0. The van der Waals surface area contributed by atoms with Gasteiger partial charge in [-0.05, 0) is 48.7 Å². The van der Waals surface area contributed by atoms with Gasteiger partial charge in [-0.3, -0.25) is 9.59 Å². The van der Waals surface area contributed by atoms with Crippen molar-refractivity contribution >= 4 is 28.6 Å². The Balaban J connectivity index is 1.57.